The van der Waals surface area contributed by atoms with E-state index in [0.29, 0.717) is 13.2 Å². The van der Waals surface area contributed by atoms with Gasteiger partial charge in [0.05, 0.1) is 6.26 Å². The van der Waals surface area contributed by atoms with Crippen molar-refractivity contribution in [3.05, 3.63) is 24.2 Å². The van der Waals surface area contributed by atoms with Crippen molar-refractivity contribution in [3.63, 3.8) is 0 Å². The molecule has 0 aromatic carbocycles. The third kappa shape index (κ3) is 8.26. The van der Waals surface area contributed by atoms with E-state index in [-0.39, 0.29) is 24.0 Å². The number of rotatable bonds is 12. The highest BCUT2D eigenvalue weighted by Crippen LogP contribution is 2.34. The first-order valence-corrected chi connectivity index (χ1v) is 9.64. The molecule has 1 aromatic heterocycles. The van der Waals surface area contributed by atoms with Crippen LogP contribution in [0.25, 0.3) is 0 Å². The Morgan fingerprint density at radius 3 is 2.73 bits per heavy atom. The number of nitrogens with zero attached hydrogens (tertiary/aromatic N) is 2. The van der Waals surface area contributed by atoms with Gasteiger partial charge in [0.15, 0.2) is 5.96 Å². The van der Waals surface area contributed by atoms with Crippen molar-refractivity contribution < 1.29 is 9.15 Å². The van der Waals surface area contributed by atoms with Crippen molar-refractivity contribution in [2.45, 2.75) is 44.8 Å². The molecule has 2 fully saturated rings. The smallest absolute Gasteiger partial charge is 0.191 e. The highest BCUT2D eigenvalue weighted by Gasteiger charge is 2.33. The van der Waals surface area contributed by atoms with Crippen LogP contribution in [0.3, 0.4) is 0 Å². The zero-order valence-electron chi connectivity index (χ0n) is 15.8. The van der Waals surface area contributed by atoms with Gasteiger partial charge in [-0.25, -0.2) is 0 Å². The molecular formula is C19H33IN4O2. The van der Waals surface area contributed by atoms with Gasteiger partial charge in [-0.1, -0.05) is 0 Å². The molecule has 1 aromatic rings. The number of ether oxygens (including phenoxy) is 1. The van der Waals surface area contributed by atoms with E-state index in [4.69, 9.17) is 9.15 Å². The van der Waals surface area contributed by atoms with E-state index in [1.807, 2.05) is 19.2 Å². The average molecular weight is 476 g/mol. The lowest BCUT2D eigenvalue weighted by Crippen LogP contribution is -2.42. The molecule has 0 unspecified atom stereocenters. The summed E-state index contributed by atoms with van der Waals surface area (Å²) < 4.78 is 10.8. The highest BCUT2D eigenvalue weighted by molar-refractivity contribution is 14.0. The minimum atomic E-state index is 0. The molecule has 0 saturated heterocycles. The summed E-state index contributed by atoms with van der Waals surface area (Å²) in [5, 5.41) is 6.78. The predicted molar refractivity (Wildman–Crippen MR) is 115 cm³/mol. The van der Waals surface area contributed by atoms with Gasteiger partial charge in [-0.15, -0.1) is 24.0 Å². The maximum atomic E-state index is 5.58. The minimum Gasteiger partial charge on any atom is -0.467 e. The van der Waals surface area contributed by atoms with Gasteiger partial charge in [0.1, 0.15) is 12.4 Å². The van der Waals surface area contributed by atoms with Gasteiger partial charge in [-0.2, -0.15) is 0 Å². The van der Waals surface area contributed by atoms with Crippen molar-refractivity contribution in [1.29, 1.82) is 0 Å². The van der Waals surface area contributed by atoms with Crippen LogP contribution in [0.1, 0.15) is 37.9 Å². The van der Waals surface area contributed by atoms with Gasteiger partial charge < -0.3 is 19.8 Å². The Kier molecular flexibility index (Phi) is 9.77. The summed E-state index contributed by atoms with van der Waals surface area (Å²) in [6.07, 6.45) is 8.25. The van der Waals surface area contributed by atoms with E-state index >= 15 is 0 Å². The molecule has 0 bridgehead atoms. The Bertz CT molecular complexity index is 516. The molecule has 0 amide bonds. The molecule has 2 aliphatic rings. The molecule has 0 aliphatic heterocycles. The molecule has 3 rings (SSSR count). The summed E-state index contributed by atoms with van der Waals surface area (Å²) in [7, 11) is 1.82. The fourth-order valence-electron chi connectivity index (χ4n) is 2.98. The van der Waals surface area contributed by atoms with Crippen molar-refractivity contribution in [1.82, 2.24) is 15.5 Å². The highest BCUT2D eigenvalue weighted by atomic mass is 127. The second-order valence-corrected chi connectivity index (χ2v) is 7.08. The van der Waals surface area contributed by atoms with Crippen LogP contribution in [0.5, 0.6) is 0 Å². The summed E-state index contributed by atoms with van der Waals surface area (Å²) >= 11 is 0. The van der Waals surface area contributed by atoms with Crippen LogP contribution in [-0.4, -0.2) is 56.7 Å². The second-order valence-electron chi connectivity index (χ2n) is 7.08. The normalized spacial score (nSPS) is 17.2. The Morgan fingerprint density at radius 1 is 1.27 bits per heavy atom. The first kappa shape index (κ1) is 21.5. The van der Waals surface area contributed by atoms with E-state index in [9.17, 15) is 0 Å². The van der Waals surface area contributed by atoms with E-state index in [2.05, 4.69) is 20.5 Å². The summed E-state index contributed by atoms with van der Waals surface area (Å²) in [4.78, 5) is 6.96. The zero-order valence-corrected chi connectivity index (χ0v) is 18.1. The first-order chi connectivity index (χ1) is 12.3. The molecule has 0 spiro atoms. The van der Waals surface area contributed by atoms with Crippen LogP contribution in [0, 0.1) is 5.92 Å². The number of halogens is 1. The van der Waals surface area contributed by atoms with Crippen LogP contribution in [0.2, 0.25) is 0 Å². The minimum absolute atomic E-state index is 0. The van der Waals surface area contributed by atoms with Crippen LogP contribution < -0.4 is 10.6 Å². The summed E-state index contributed by atoms with van der Waals surface area (Å²) in [6, 6.07) is 4.66. The van der Waals surface area contributed by atoms with E-state index in [0.717, 1.165) is 49.7 Å². The van der Waals surface area contributed by atoms with Gasteiger partial charge in [-0.3, -0.25) is 9.89 Å². The number of nitrogens with one attached hydrogen (secondary N) is 2. The van der Waals surface area contributed by atoms with Crippen LogP contribution >= 0.6 is 24.0 Å². The second kappa shape index (κ2) is 11.8. The molecule has 26 heavy (non-hydrogen) atoms. The maximum Gasteiger partial charge on any atom is 0.191 e. The molecule has 148 valence electrons. The average Bonchev–Trinajstić information content (AvgIpc) is 3.55. The lowest BCUT2D eigenvalue weighted by molar-refractivity contribution is 0.105. The molecule has 2 aliphatic carbocycles. The van der Waals surface area contributed by atoms with E-state index < -0.39 is 0 Å². The topological polar surface area (TPSA) is 62.0 Å². The number of aliphatic imine (C=N–C) groups is 1. The summed E-state index contributed by atoms with van der Waals surface area (Å²) in [5.41, 5.74) is 0. The van der Waals surface area contributed by atoms with Crippen molar-refractivity contribution in [2.75, 3.05) is 39.8 Å². The van der Waals surface area contributed by atoms with E-state index in [1.165, 1.54) is 32.2 Å². The largest absolute Gasteiger partial charge is 0.467 e. The number of hydrogen-bond donors (Lipinski definition) is 2. The molecule has 1 heterocycles. The summed E-state index contributed by atoms with van der Waals surface area (Å²) in [5.74, 6) is 2.73. The number of hydrogen-bond acceptors (Lipinski definition) is 4. The molecule has 7 heteroatoms. The van der Waals surface area contributed by atoms with Gasteiger partial charge in [0, 0.05) is 45.9 Å². The maximum absolute atomic E-state index is 5.58. The fourth-order valence-corrected chi connectivity index (χ4v) is 2.98. The fraction of sp³-hybridized carbons (Fsp3) is 0.737. The SMILES string of the molecule is CN=C(NCCCOCc1ccco1)NCCN(CC1CC1)C1CC1.I. The molecule has 2 N–H and O–H groups in total. The molecular weight excluding hydrogens is 443 g/mol. The molecule has 0 radical (unpaired) electrons. The molecule has 2 saturated carbocycles. The van der Waals surface area contributed by atoms with Crippen molar-refractivity contribution in [2.24, 2.45) is 10.9 Å². The Morgan fingerprint density at radius 2 is 2.08 bits per heavy atom. The lowest BCUT2D eigenvalue weighted by Gasteiger charge is -2.22. The van der Waals surface area contributed by atoms with Crippen LogP contribution in [0.4, 0.5) is 0 Å². The number of furan rings is 1. The molecule has 6 nitrogen and oxygen atoms in total. The first-order valence-electron chi connectivity index (χ1n) is 9.64. The molecule has 0 atom stereocenters. The summed E-state index contributed by atoms with van der Waals surface area (Å²) in [6.45, 7) is 5.48. The monoisotopic (exact) mass is 476 g/mol. The van der Waals surface area contributed by atoms with Crippen LogP contribution in [-0.2, 0) is 11.3 Å². The zero-order chi connectivity index (χ0) is 17.3. The third-order valence-electron chi connectivity index (χ3n) is 4.75. The Hall–Kier alpha value is -0.800. The Labute approximate surface area is 174 Å². The lowest BCUT2D eigenvalue weighted by atomic mass is 10.3. The number of guanidine groups is 1. The standard InChI is InChI=1S/C19H32N4O2.HI/c1-20-19(21-9-3-12-24-15-18-4-2-13-25-18)22-10-11-23(17-7-8-17)14-16-5-6-16;/h2,4,13,16-17H,3,5-12,14-15H2,1H3,(H2,20,21,22);1H. The van der Waals surface area contributed by atoms with Gasteiger partial charge in [-0.05, 0) is 50.2 Å². The van der Waals surface area contributed by atoms with Crippen molar-refractivity contribution >= 4 is 29.9 Å². The quantitative estimate of drug-likeness (QED) is 0.210. The van der Waals surface area contributed by atoms with Crippen LogP contribution in [0.15, 0.2) is 27.8 Å². The Balaban J connectivity index is 0.00000243. The van der Waals surface area contributed by atoms with Gasteiger partial charge in [0.25, 0.3) is 0 Å². The van der Waals surface area contributed by atoms with Gasteiger partial charge in [0.2, 0.25) is 0 Å². The van der Waals surface area contributed by atoms with Gasteiger partial charge >= 0.3 is 0 Å². The third-order valence-corrected chi connectivity index (χ3v) is 4.75. The predicted octanol–water partition coefficient (Wildman–Crippen LogP) is 2.84. The van der Waals surface area contributed by atoms with Crippen molar-refractivity contribution in [3.8, 4) is 0 Å². The van der Waals surface area contributed by atoms with E-state index in [1.54, 1.807) is 6.26 Å².